The molecule has 0 aliphatic heterocycles. The summed E-state index contributed by atoms with van der Waals surface area (Å²) in [5, 5.41) is 3.88. The van der Waals surface area contributed by atoms with Gasteiger partial charge in [0, 0.05) is 12.5 Å². The maximum Gasteiger partial charge on any atom is 0.137 e. The molecule has 3 aromatic rings. The molecule has 0 spiro atoms. The number of hydrogen-bond donors (Lipinski definition) is 0. The molecule has 3 rings (SSSR count). The number of rotatable bonds is 6. The molecule has 0 N–H and O–H groups in total. The Morgan fingerprint density at radius 3 is 2.48 bits per heavy atom. The molecule has 0 amide bonds. The highest BCUT2D eigenvalue weighted by atomic mass is 16.5. The highest BCUT2D eigenvalue weighted by molar-refractivity contribution is 5.67. The van der Waals surface area contributed by atoms with Gasteiger partial charge in [0.05, 0.1) is 12.3 Å². The van der Waals surface area contributed by atoms with Crippen LogP contribution in [0.5, 0.6) is 5.75 Å². The van der Waals surface area contributed by atoms with E-state index < -0.39 is 0 Å². The molecule has 0 aliphatic carbocycles. The molecule has 0 saturated heterocycles. The Kier molecular flexibility index (Phi) is 4.77. The average molecular weight is 307 g/mol. The molecule has 1 aromatic heterocycles. The molecular formula is C20H21NO2. The first kappa shape index (κ1) is 15.3. The summed E-state index contributed by atoms with van der Waals surface area (Å²) in [6.45, 7) is 4.73. The Morgan fingerprint density at radius 1 is 1.00 bits per heavy atom. The monoisotopic (exact) mass is 307 g/mol. The van der Waals surface area contributed by atoms with Crippen molar-refractivity contribution in [3.63, 3.8) is 0 Å². The van der Waals surface area contributed by atoms with Gasteiger partial charge in [-0.2, -0.15) is 0 Å². The number of hydrogen-bond acceptors (Lipinski definition) is 3. The minimum absolute atomic E-state index is 0.670. The first-order valence-electron chi connectivity index (χ1n) is 7.93. The summed E-state index contributed by atoms with van der Waals surface area (Å²) in [5.74, 6) is 1.82. The lowest BCUT2D eigenvalue weighted by molar-refractivity contribution is 0.300. The Morgan fingerprint density at radius 2 is 1.78 bits per heavy atom. The van der Waals surface area contributed by atoms with E-state index in [0.717, 1.165) is 30.0 Å². The van der Waals surface area contributed by atoms with Crippen molar-refractivity contribution in [2.75, 3.05) is 6.61 Å². The predicted molar refractivity (Wildman–Crippen MR) is 91.7 cm³/mol. The normalized spacial score (nSPS) is 10.7. The molecule has 23 heavy (non-hydrogen) atoms. The average Bonchev–Trinajstić information content (AvgIpc) is 2.98. The zero-order valence-electron chi connectivity index (χ0n) is 13.6. The predicted octanol–water partition coefficient (Wildman–Crippen LogP) is 4.97. The number of aryl methyl sites for hydroxylation is 3. The third-order valence-corrected chi connectivity index (χ3v) is 3.82. The van der Waals surface area contributed by atoms with Crippen LogP contribution in [0, 0.1) is 13.8 Å². The van der Waals surface area contributed by atoms with Crippen molar-refractivity contribution in [1.82, 2.24) is 5.16 Å². The van der Waals surface area contributed by atoms with Crippen LogP contribution in [0.25, 0.3) is 11.1 Å². The molecule has 1 heterocycles. The molecule has 118 valence electrons. The van der Waals surface area contributed by atoms with Crippen LogP contribution in [-0.2, 0) is 6.42 Å². The van der Waals surface area contributed by atoms with E-state index in [2.05, 4.69) is 48.5 Å². The van der Waals surface area contributed by atoms with Gasteiger partial charge in [0.2, 0.25) is 0 Å². The molecule has 3 nitrogen and oxygen atoms in total. The second-order valence-corrected chi connectivity index (χ2v) is 5.73. The molecule has 3 heteroatoms. The Labute approximate surface area is 136 Å². The molecule has 0 bridgehead atoms. The van der Waals surface area contributed by atoms with E-state index in [0.29, 0.717) is 6.61 Å². The maximum absolute atomic E-state index is 5.79. The number of nitrogens with zero attached hydrogens (tertiary/aromatic N) is 1. The van der Waals surface area contributed by atoms with Crippen molar-refractivity contribution >= 4 is 0 Å². The number of ether oxygens (including phenoxy) is 1. The van der Waals surface area contributed by atoms with Crippen LogP contribution in [-0.4, -0.2) is 11.8 Å². The van der Waals surface area contributed by atoms with E-state index in [1.807, 2.05) is 25.1 Å². The quantitative estimate of drug-likeness (QED) is 0.603. The summed E-state index contributed by atoms with van der Waals surface area (Å²) in [7, 11) is 0. The molecule has 0 atom stereocenters. The molecule has 0 fully saturated rings. The van der Waals surface area contributed by atoms with Crippen LogP contribution in [0.2, 0.25) is 0 Å². The Balaban J connectivity index is 1.53. The van der Waals surface area contributed by atoms with E-state index in [4.69, 9.17) is 9.26 Å². The van der Waals surface area contributed by atoms with Crippen molar-refractivity contribution in [1.29, 1.82) is 0 Å². The van der Waals surface area contributed by atoms with Crippen LogP contribution in [0.4, 0.5) is 0 Å². The Hall–Kier alpha value is -2.55. The fourth-order valence-corrected chi connectivity index (χ4v) is 2.60. The summed E-state index contributed by atoms with van der Waals surface area (Å²) >= 11 is 0. The van der Waals surface area contributed by atoms with Gasteiger partial charge in [-0.15, -0.1) is 0 Å². The second-order valence-electron chi connectivity index (χ2n) is 5.73. The summed E-state index contributed by atoms with van der Waals surface area (Å²) in [6.07, 6.45) is 1.76. The maximum atomic E-state index is 5.79. The number of benzene rings is 2. The fourth-order valence-electron chi connectivity index (χ4n) is 2.60. The lowest BCUT2D eigenvalue weighted by atomic mass is 10.0. The first-order chi connectivity index (χ1) is 11.2. The number of aromatic nitrogens is 1. The second kappa shape index (κ2) is 7.14. The molecule has 2 aromatic carbocycles. The van der Waals surface area contributed by atoms with Crippen LogP contribution in [0.15, 0.2) is 59.1 Å². The van der Waals surface area contributed by atoms with E-state index in [-0.39, 0.29) is 0 Å². The van der Waals surface area contributed by atoms with Crippen LogP contribution in [0.1, 0.15) is 23.4 Å². The molecule has 0 saturated carbocycles. The van der Waals surface area contributed by atoms with Crippen molar-refractivity contribution in [2.45, 2.75) is 26.7 Å². The van der Waals surface area contributed by atoms with E-state index in [9.17, 15) is 0 Å². The third kappa shape index (κ3) is 4.01. The largest absolute Gasteiger partial charge is 0.494 e. The minimum atomic E-state index is 0.670. The summed E-state index contributed by atoms with van der Waals surface area (Å²) in [6, 6.07) is 18.6. The summed E-state index contributed by atoms with van der Waals surface area (Å²) < 4.78 is 11.0. The molecule has 0 unspecified atom stereocenters. The molecule has 0 aliphatic rings. The van der Waals surface area contributed by atoms with Gasteiger partial charge in [-0.25, -0.2) is 0 Å². The SMILES string of the molecule is Cc1cc(CCCOc2ccc(-c3ccccc3C)cc2)on1. The van der Waals surface area contributed by atoms with E-state index in [1.165, 1.54) is 16.7 Å². The Bertz CT molecular complexity index is 759. The lowest BCUT2D eigenvalue weighted by Crippen LogP contribution is -1.98. The summed E-state index contributed by atoms with van der Waals surface area (Å²) in [4.78, 5) is 0. The van der Waals surface area contributed by atoms with Crippen LogP contribution in [0.3, 0.4) is 0 Å². The van der Waals surface area contributed by atoms with Crippen LogP contribution < -0.4 is 4.74 Å². The minimum Gasteiger partial charge on any atom is -0.494 e. The third-order valence-electron chi connectivity index (χ3n) is 3.82. The highest BCUT2D eigenvalue weighted by Gasteiger charge is 2.03. The smallest absolute Gasteiger partial charge is 0.137 e. The van der Waals surface area contributed by atoms with Gasteiger partial charge in [-0.1, -0.05) is 41.6 Å². The van der Waals surface area contributed by atoms with Gasteiger partial charge in [-0.05, 0) is 49.1 Å². The van der Waals surface area contributed by atoms with Gasteiger partial charge >= 0.3 is 0 Å². The molecule has 0 radical (unpaired) electrons. The standard InChI is InChI=1S/C20H21NO2/c1-15-6-3-4-8-20(15)17-9-11-18(12-10-17)22-13-5-7-19-14-16(2)21-23-19/h3-4,6,8-12,14H,5,7,13H2,1-2H3. The first-order valence-corrected chi connectivity index (χ1v) is 7.93. The van der Waals surface area contributed by atoms with Crippen molar-refractivity contribution < 1.29 is 9.26 Å². The van der Waals surface area contributed by atoms with Crippen molar-refractivity contribution in [3.05, 3.63) is 71.6 Å². The van der Waals surface area contributed by atoms with Gasteiger partial charge < -0.3 is 9.26 Å². The summed E-state index contributed by atoms with van der Waals surface area (Å²) in [5.41, 5.74) is 4.68. The zero-order chi connectivity index (χ0) is 16.1. The van der Waals surface area contributed by atoms with E-state index in [1.54, 1.807) is 0 Å². The van der Waals surface area contributed by atoms with Crippen molar-refractivity contribution in [2.24, 2.45) is 0 Å². The van der Waals surface area contributed by atoms with Gasteiger partial charge in [0.15, 0.2) is 0 Å². The van der Waals surface area contributed by atoms with Crippen LogP contribution >= 0.6 is 0 Å². The van der Waals surface area contributed by atoms with Gasteiger partial charge in [-0.3, -0.25) is 0 Å². The molecular weight excluding hydrogens is 286 g/mol. The fraction of sp³-hybridized carbons (Fsp3) is 0.250. The van der Waals surface area contributed by atoms with Crippen molar-refractivity contribution in [3.8, 4) is 16.9 Å². The lowest BCUT2D eigenvalue weighted by Gasteiger charge is -2.08. The topological polar surface area (TPSA) is 35.3 Å². The van der Waals surface area contributed by atoms with E-state index >= 15 is 0 Å². The van der Waals surface area contributed by atoms with Gasteiger partial charge in [0.25, 0.3) is 0 Å². The highest BCUT2D eigenvalue weighted by Crippen LogP contribution is 2.25. The van der Waals surface area contributed by atoms with Gasteiger partial charge in [0.1, 0.15) is 11.5 Å². The zero-order valence-corrected chi connectivity index (χ0v) is 13.6.